The Balaban J connectivity index is 2.35. The minimum Gasteiger partial charge on any atom is -0.353 e. The molecule has 0 aliphatic heterocycles. The maximum Gasteiger partial charge on any atom is 0.243 e. The van der Waals surface area contributed by atoms with Crippen LogP contribution in [0.4, 0.5) is 0 Å². The van der Waals surface area contributed by atoms with E-state index in [2.05, 4.69) is 43.2 Å². The molecule has 0 spiro atoms. The maximum absolute atomic E-state index is 13.0. The first-order chi connectivity index (χ1) is 15.5. The summed E-state index contributed by atoms with van der Waals surface area (Å²) in [6.07, 6.45) is 0. The summed E-state index contributed by atoms with van der Waals surface area (Å²) >= 11 is 1.34. The number of hydrogen-bond donors (Lipinski definition) is 1. The number of carbonyl (C=O) groups excluding carboxylic acids is 1. The quantitative estimate of drug-likeness (QED) is 0.449. The van der Waals surface area contributed by atoms with E-state index in [9.17, 15) is 13.2 Å². The molecule has 0 aliphatic carbocycles. The second-order valence-electron chi connectivity index (χ2n) is 8.82. The van der Waals surface area contributed by atoms with E-state index in [0.29, 0.717) is 48.0 Å². The number of rotatable bonds is 12. The van der Waals surface area contributed by atoms with E-state index in [-0.39, 0.29) is 22.6 Å². The highest BCUT2D eigenvalue weighted by Crippen LogP contribution is 2.27. The number of thioether (sulfide) groups is 1. The van der Waals surface area contributed by atoms with E-state index < -0.39 is 10.0 Å². The zero-order valence-electron chi connectivity index (χ0n) is 20.7. The average molecular weight is 496 g/mol. The van der Waals surface area contributed by atoms with Crippen LogP contribution in [0.15, 0.2) is 34.3 Å². The summed E-state index contributed by atoms with van der Waals surface area (Å²) in [6.45, 7) is 15.4. The summed E-state index contributed by atoms with van der Waals surface area (Å²) in [6, 6.07) is 6.93. The molecule has 0 fully saturated rings. The zero-order valence-corrected chi connectivity index (χ0v) is 22.3. The molecule has 8 nitrogen and oxygen atoms in total. The normalized spacial score (nSPS) is 13.2. The molecule has 0 saturated carbocycles. The zero-order chi connectivity index (χ0) is 24.8. The predicted molar refractivity (Wildman–Crippen MR) is 134 cm³/mol. The van der Waals surface area contributed by atoms with Gasteiger partial charge in [0.25, 0.3) is 0 Å². The first-order valence-electron chi connectivity index (χ1n) is 11.5. The highest BCUT2D eigenvalue weighted by Gasteiger charge is 2.23. The molecule has 0 aliphatic rings. The largest absolute Gasteiger partial charge is 0.353 e. The predicted octanol–water partition coefficient (Wildman–Crippen LogP) is 3.88. The summed E-state index contributed by atoms with van der Waals surface area (Å²) < 4.78 is 29.4. The van der Waals surface area contributed by atoms with Gasteiger partial charge in [-0.1, -0.05) is 65.4 Å². The first kappa shape index (κ1) is 27.3. The number of carbonyl (C=O) groups is 1. The highest BCUT2D eigenvalue weighted by atomic mass is 32.2. The van der Waals surface area contributed by atoms with Gasteiger partial charge in [0, 0.05) is 31.2 Å². The fourth-order valence-corrected chi connectivity index (χ4v) is 5.50. The SMILES string of the molecule is CCN(CC)S(=O)(=O)c1cccc(-c2nnc(SCC(=O)NC(C)C(C)C)n2CC(C)C)c1. The number of nitrogens with one attached hydrogen (secondary N) is 1. The number of aromatic nitrogens is 3. The standard InChI is InChI=1S/C23H37N5O3S2/c1-8-27(9-2)33(30,31)20-12-10-11-19(13-20)22-25-26-23(28(22)14-16(3)4)32-15-21(29)24-18(7)17(5)6/h10-13,16-18H,8-9,14-15H2,1-7H3,(H,24,29). The summed E-state index contributed by atoms with van der Waals surface area (Å²) in [4.78, 5) is 12.6. The number of benzene rings is 1. The van der Waals surface area contributed by atoms with Crippen molar-refractivity contribution in [3.63, 3.8) is 0 Å². The Labute approximate surface area is 202 Å². The van der Waals surface area contributed by atoms with Gasteiger partial charge in [0.15, 0.2) is 11.0 Å². The van der Waals surface area contributed by atoms with Gasteiger partial charge in [-0.2, -0.15) is 4.31 Å². The van der Waals surface area contributed by atoms with Crippen LogP contribution in [-0.2, 0) is 21.4 Å². The summed E-state index contributed by atoms with van der Waals surface area (Å²) in [5, 5.41) is 12.3. The number of nitrogens with zero attached hydrogens (tertiary/aromatic N) is 4. The van der Waals surface area contributed by atoms with Crippen LogP contribution in [0.25, 0.3) is 11.4 Å². The molecular formula is C23H37N5O3S2. The molecule has 0 radical (unpaired) electrons. The molecule has 184 valence electrons. The summed E-state index contributed by atoms with van der Waals surface area (Å²) in [5.41, 5.74) is 0.682. The van der Waals surface area contributed by atoms with Crippen molar-refractivity contribution in [2.75, 3.05) is 18.8 Å². The summed E-state index contributed by atoms with van der Waals surface area (Å²) in [7, 11) is -3.58. The van der Waals surface area contributed by atoms with Gasteiger partial charge in [-0.15, -0.1) is 10.2 Å². The van der Waals surface area contributed by atoms with Crippen molar-refractivity contribution in [3.8, 4) is 11.4 Å². The molecule has 0 bridgehead atoms. The molecule has 1 atom stereocenters. The molecule has 10 heteroatoms. The van der Waals surface area contributed by atoms with E-state index in [1.54, 1.807) is 18.2 Å². The lowest BCUT2D eigenvalue weighted by molar-refractivity contribution is -0.119. The van der Waals surface area contributed by atoms with E-state index in [1.807, 2.05) is 31.4 Å². The molecular weight excluding hydrogens is 458 g/mol. The van der Waals surface area contributed by atoms with Crippen molar-refractivity contribution in [2.24, 2.45) is 11.8 Å². The molecule has 2 rings (SSSR count). The topological polar surface area (TPSA) is 97.2 Å². The van der Waals surface area contributed by atoms with Crippen LogP contribution in [0, 0.1) is 11.8 Å². The number of sulfonamides is 1. The van der Waals surface area contributed by atoms with Crippen LogP contribution in [0.5, 0.6) is 0 Å². The fourth-order valence-electron chi connectivity index (χ4n) is 3.24. The van der Waals surface area contributed by atoms with Gasteiger partial charge >= 0.3 is 0 Å². The minimum absolute atomic E-state index is 0.0471. The lowest BCUT2D eigenvalue weighted by Gasteiger charge is -2.19. The smallest absolute Gasteiger partial charge is 0.243 e. The molecule has 1 heterocycles. The number of hydrogen-bond acceptors (Lipinski definition) is 6. The van der Waals surface area contributed by atoms with Gasteiger partial charge in [-0.25, -0.2) is 8.42 Å². The first-order valence-corrected chi connectivity index (χ1v) is 13.9. The molecule has 2 aromatic rings. The van der Waals surface area contributed by atoms with Crippen molar-refractivity contribution in [2.45, 2.75) is 71.1 Å². The van der Waals surface area contributed by atoms with E-state index in [0.717, 1.165) is 0 Å². The Hall–Kier alpha value is -1.91. The van der Waals surface area contributed by atoms with E-state index in [4.69, 9.17) is 0 Å². The fraction of sp³-hybridized carbons (Fsp3) is 0.609. The second kappa shape index (κ2) is 12.0. The van der Waals surface area contributed by atoms with Crippen LogP contribution in [0.3, 0.4) is 0 Å². The Morgan fingerprint density at radius 2 is 1.79 bits per heavy atom. The van der Waals surface area contributed by atoms with Crippen LogP contribution in [-0.4, -0.2) is 58.3 Å². The maximum atomic E-state index is 13.0. The Morgan fingerprint density at radius 1 is 1.12 bits per heavy atom. The molecule has 1 aromatic carbocycles. The Morgan fingerprint density at radius 3 is 2.36 bits per heavy atom. The van der Waals surface area contributed by atoms with E-state index in [1.165, 1.54) is 16.1 Å². The average Bonchev–Trinajstić information content (AvgIpc) is 3.14. The van der Waals surface area contributed by atoms with Gasteiger partial charge in [0.2, 0.25) is 15.9 Å². The minimum atomic E-state index is -3.58. The van der Waals surface area contributed by atoms with Crippen molar-refractivity contribution in [1.29, 1.82) is 0 Å². The monoisotopic (exact) mass is 495 g/mol. The third kappa shape index (κ3) is 7.04. The molecule has 0 saturated heterocycles. The molecule has 33 heavy (non-hydrogen) atoms. The van der Waals surface area contributed by atoms with Crippen LogP contribution >= 0.6 is 11.8 Å². The third-order valence-electron chi connectivity index (χ3n) is 5.42. The van der Waals surface area contributed by atoms with Gasteiger partial charge in [-0.05, 0) is 30.9 Å². The summed E-state index contributed by atoms with van der Waals surface area (Å²) in [5.74, 6) is 1.46. The molecule has 1 unspecified atom stereocenters. The molecule has 1 aromatic heterocycles. The van der Waals surface area contributed by atoms with Crippen molar-refractivity contribution >= 4 is 27.7 Å². The van der Waals surface area contributed by atoms with Crippen molar-refractivity contribution < 1.29 is 13.2 Å². The number of amides is 1. The van der Waals surface area contributed by atoms with Gasteiger partial charge in [-0.3, -0.25) is 4.79 Å². The van der Waals surface area contributed by atoms with E-state index >= 15 is 0 Å². The van der Waals surface area contributed by atoms with Crippen molar-refractivity contribution in [1.82, 2.24) is 24.4 Å². The third-order valence-corrected chi connectivity index (χ3v) is 8.43. The highest BCUT2D eigenvalue weighted by molar-refractivity contribution is 7.99. The van der Waals surface area contributed by atoms with Crippen LogP contribution in [0.2, 0.25) is 0 Å². The molecule has 1 N–H and O–H groups in total. The van der Waals surface area contributed by atoms with Gasteiger partial charge in [0.1, 0.15) is 0 Å². The lowest BCUT2D eigenvalue weighted by Crippen LogP contribution is -2.37. The Kier molecular flexibility index (Phi) is 9.93. The second-order valence-corrected chi connectivity index (χ2v) is 11.7. The van der Waals surface area contributed by atoms with Crippen LogP contribution < -0.4 is 5.32 Å². The van der Waals surface area contributed by atoms with Crippen molar-refractivity contribution in [3.05, 3.63) is 24.3 Å². The lowest BCUT2D eigenvalue weighted by atomic mass is 10.1. The van der Waals surface area contributed by atoms with Gasteiger partial charge < -0.3 is 9.88 Å². The Bertz CT molecular complexity index is 1030. The molecule has 1 amide bonds. The van der Waals surface area contributed by atoms with Gasteiger partial charge in [0.05, 0.1) is 10.6 Å². The van der Waals surface area contributed by atoms with Crippen LogP contribution in [0.1, 0.15) is 48.5 Å².